The Hall–Kier alpha value is -1.51. The summed E-state index contributed by atoms with van der Waals surface area (Å²) >= 11 is 0. The summed E-state index contributed by atoms with van der Waals surface area (Å²) in [6.45, 7) is 0. The molecule has 1 aromatic rings. The molecule has 16 heavy (non-hydrogen) atoms. The van der Waals surface area contributed by atoms with Gasteiger partial charge in [-0.2, -0.15) is 0 Å². The first-order chi connectivity index (χ1) is 7.78. The van der Waals surface area contributed by atoms with Crippen LogP contribution in [0.2, 0.25) is 0 Å². The van der Waals surface area contributed by atoms with Gasteiger partial charge in [-0.15, -0.1) is 0 Å². The fourth-order valence-electron chi connectivity index (χ4n) is 1.91. The second kappa shape index (κ2) is 5.01. The van der Waals surface area contributed by atoms with Gasteiger partial charge in [-0.25, -0.2) is 0 Å². The summed E-state index contributed by atoms with van der Waals surface area (Å²) in [5.74, 6) is 0.816. The maximum absolute atomic E-state index is 10.9. The summed E-state index contributed by atoms with van der Waals surface area (Å²) in [5, 5.41) is 0. The quantitative estimate of drug-likeness (QED) is 0.730. The van der Waals surface area contributed by atoms with E-state index in [0.717, 1.165) is 25.0 Å². The first-order valence-corrected chi connectivity index (χ1v) is 5.60. The zero-order valence-electron chi connectivity index (χ0n) is 9.44. The Bertz CT molecular complexity index is 356. The van der Waals surface area contributed by atoms with E-state index in [1.165, 1.54) is 5.56 Å². The number of rotatable bonds is 4. The summed E-state index contributed by atoms with van der Waals surface area (Å²) in [6, 6.07) is 8.01. The van der Waals surface area contributed by atoms with Crippen molar-refractivity contribution in [2.45, 2.75) is 31.8 Å². The fourth-order valence-corrected chi connectivity index (χ4v) is 1.91. The molecule has 1 fully saturated rings. The van der Waals surface area contributed by atoms with Crippen molar-refractivity contribution in [3.8, 4) is 5.75 Å². The fraction of sp³-hybridized carbons (Fsp3) is 0.462. The van der Waals surface area contributed by atoms with E-state index >= 15 is 0 Å². The highest BCUT2D eigenvalue weighted by molar-refractivity contribution is 5.71. The van der Waals surface area contributed by atoms with E-state index in [0.29, 0.717) is 6.42 Å². The summed E-state index contributed by atoms with van der Waals surface area (Å²) in [7, 11) is 1.66. The molecule has 0 bridgehead atoms. The number of hydrogen-bond donors (Lipinski definition) is 0. The number of hydrogen-bond acceptors (Lipinski definition) is 3. The van der Waals surface area contributed by atoms with Crippen LogP contribution in [0.1, 0.15) is 24.8 Å². The van der Waals surface area contributed by atoms with Crippen molar-refractivity contribution < 1.29 is 14.3 Å². The van der Waals surface area contributed by atoms with Crippen LogP contribution in [-0.2, 0) is 16.0 Å². The lowest BCUT2D eigenvalue weighted by Crippen LogP contribution is -2.07. The van der Waals surface area contributed by atoms with Gasteiger partial charge in [-0.1, -0.05) is 12.1 Å². The number of aryl methyl sites for hydroxylation is 1. The number of benzene rings is 1. The Morgan fingerprint density at radius 3 is 2.69 bits per heavy atom. The normalized spacial score (nSPS) is 19.6. The van der Waals surface area contributed by atoms with Crippen LogP contribution in [0.25, 0.3) is 0 Å². The molecule has 1 saturated heterocycles. The van der Waals surface area contributed by atoms with E-state index in [2.05, 4.69) is 12.1 Å². The van der Waals surface area contributed by atoms with E-state index in [9.17, 15) is 4.79 Å². The molecule has 1 aliphatic rings. The molecule has 0 saturated carbocycles. The average Bonchev–Trinajstić information content (AvgIpc) is 2.73. The van der Waals surface area contributed by atoms with Gasteiger partial charge in [-0.3, -0.25) is 4.79 Å². The molecular weight excluding hydrogens is 204 g/mol. The SMILES string of the molecule is COc1ccc(CC[C@H]2CCC(=O)O2)cc1. The lowest BCUT2D eigenvalue weighted by Gasteiger charge is -2.09. The van der Waals surface area contributed by atoms with Gasteiger partial charge in [0.25, 0.3) is 0 Å². The number of carbonyl (C=O) groups excluding carboxylic acids is 1. The standard InChI is InChI=1S/C13H16O3/c1-15-11-5-2-10(3-6-11)4-7-12-8-9-13(14)16-12/h2-3,5-6,12H,4,7-9H2,1H3/t12-/m0/s1. The Kier molecular flexibility index (Phi) is 3.44. The van der Waals surface area contributed by atoms with Gasteiger partial charge in [-0.05, 0) is 37.0 Å². The van der Waals surface area contributed by atoms with Gasteiger partial charge in [0.2, 0.25) is 0 Å². The van der Waals surface area contributed by atoms with E-state index in [1.54, 1.807) is 7.11 Å². The summed E-state index contributed by atoms with van der Waals surface area (Å²) in [4.78, 5) is 10.9. The largest absolute Gasteiger partial charge is 0.497 e. The smallest absolute Gasteiger partial charge is 0.306 e. The molecule has 0 aliphatic carbocycles. The molecule has 1 aromatic carbocycles. The van der Waals surface area contributed by atoms with Crippen LogP contribution in [0.5, 0.6) is 5.75 Å². The molecule has 2 rings (SSSR count). The highest BCUT2D eigenvalue weighted by Crippen LogP contribution is 2.20. The predicted molar refractivity (Wildman–Crippen MR) is 60.4 cm³/mol. The maximum Gasteiger partial charge on any atom is 0.306 e. The highest BCUT2D eigenvalue weighted by atomic mass is 16.5. The minimum atomic E-state index is -0.0558. The molecule has 1 heterocycles. The van der Waals surface area contributed by atoms with Gasteiger partial charge in [0.1, 0.15) is 11.9 Å². The van der Waals surface area contributed by atoms with E-state index < -0.39 is 0 Å². The molecule has 86 valence electrons. The van der Waals surface area contributed by atoms with Gasteiger partial charge in [0, 0.05) is 6.42 Å². The first-order valence-electron chi connectivity index (χ1n) is 5.60. The topological polar surface area (TPSA) is 35.5 Å². The Labute approximate surface area is 95.4 Å². The van der Waals surface area contributed by atoms with Crippen molar-refractivity contribution in [3.05, 3.63) is 29.8 Å². The molecule has 1 aliphatic heterocycles. The van der Waals surface area contributed by atoms with Crippen molar-refractivity contribution in [1.29, 1.82) is 0 Å². The Morgan fingerprint density at radius 1 is 1.38 bits per heavy atom. The third-order valence-corrected chi connectivity index (χ3v) is 2.88. The van der Waals surface area contributed by atoms with Crippen molar-refractivity contribution in [2.75, 3.05) is 7.11 Å². The lowest BCUT2D eigenvalue weighted by molar-refractivity contribution is -0.141. The molecule has 0 N–H and O–H groups in total. The molecule has 0 spiro atoms. The zero-order valence-corrected chi connectivity index (χ0v) is 9.44. The summed E-state index contributed by atoms with van der Waals surface area (Å²) < 4.78 is 10.3. The molecule has 1 atom stereocenters. The number of carbonyl (C=O) groups is 1. The monoisotopic (exact) mass is 220 g/mol. The average molecular weight is 220 g/mol. The molecule has 3 heteroatoms. The first kappa shape index (κ1) is 11.0. The Balaban J connectivity index is 1.82. The van der Waals surface area contributed by atoms with Crippen molar-refractivity contribution >= 4 is 5.97 Å². The van der Waals surface area contributed by atoms with Crippen molar-refractivity contribution in [2.24, 2.45) is 0 Å². The second-order valence-electron chi connectivity index (χ2n) is 4.04. The highest BCUT2D eigenvalue weighted by Gasteiger charge is 2.22. The van der Waals surface area contributed by atoms with Crippen LogP contribution in [0.3, 0.4) is 0 Å². The molecule has 3 nitrogen and oxygen atoms in total. The zero-order chi connectivity index (χ0) is 11.4. The number of cyclic esters (lactones) is 1. The maximum atomic E-state index is 10.9. The molecule has 0 aromatic heterocycles. The van der Waals surface area contributed by atoms with Crippen LogP contribution in [0.15, 0.2) is 24.3 Å². The lowest BCUT2D eigenvalue weighted by atomic mass is 10.1. The molecule has 0 radical (unpaired) electrons. The Morgan fingerprint density at radius 2 is 2.12 bits per heavy atom. The number of methoxy groups -OCH3 is 1. The summed E-state index contributed by atoms with van der Waals surface area (Å²) in [5.41, 5.74) is 1.25. The number of ether oxygens (including phenoxy) is 2. The van der Waals surface area contributed by atoms with E-state index in [4.69, 9.17) is 9.47 Å². The van der Waals surface area contributed by atoms with Gasteiger partial charge < -0.3 is 9.47 Å². The van der Waals surface area contributed by atoms with Crippen molar-refractivity contribution in [1.82, 2.24) is 0 Å². The minimum absolute atomic E-state index is 0.0558. The van der Waals surface area contributed by atoms with Gasteiger partial charge in [0.05, 0.1) is 7.11 Å². The third-order valence-electron chi connectivity index (χ3n) is 2.88. The van der Waals surface area contributed by atoms with Crippen LogP contribution in [-0.4, -0.2) is 19.2 Å². The molecule has 0 unspecified atom stereocenters. The van der Waals surface area contributed by atoms with Crippen LogP contribution < -0.4 is 4.74 Å². The van der Waals surface area contributed by atoms with Crippen molar-refractivity contribution in [3.63, 3.8) is 0 Å². The van der Waals surface area contributed by atoms with E-state index in [-0.39, 0.29) is 12.1 Å². The predicted octanol–water partition coefficient (Wildman–Crippen LogP) is 2.33. The minimum Gasteiger partial charge on any atom is -0.497 e. The number of esters is 1. The van der Waals surface area contributed by atoms with Gasteiger partial charge in [0.15, 0.2) is 0 Å². The summed E-state index contributed by atoms with van der Waals surface area (Å²) in [6.07, 6.45) is 3.43. The van der Waals surface area contributed by atoms with Crippen LogP contribution >= 0.6 is 0 Å². The molecular formula is C13H16O3. The third kappa shape index (κ3) is 2.75. The van der Waals surface area contributed by atoms with Gasteiger partial charge >= 0.3 is 5.97 Å². The van der Waals surface area contributed by atoms with Crippen LogP contribution in [0, 0.1) is 0 Å². The van der Waals surface area contributed by atoms with E-state index in [1.807, 2.05) is 12.1 Å². The van der Waals surface area contributed by atoms with Crippen LogP contribution in [0.4, 0.5) is 0 Å². The second-order valence-corrected chi connectivity index (χ2v) is 4.04. The molecule has 0 amide bonds.